The zero-order chi connectivity index (χ0) is 19.8. The van der Waals surface area contributed by atoms with Gasteiger partial charge in [-0.05, 0) is 43.0 Å². The van der Waals surface area contributed by atoms with Gasteiger partial charge in [-0.2, -0.15) is 0 Å². The lowest BCUT2D eigenvalue weighted by Crippen LogP contribution is -2.39. The number of para-hydroxylation sites is 1. The van der Waals surface area contributed by atoms with Crippen LogP contribution in [0.25, 0.3) is 10.9 Å². The second kappa shape index (κ2) is 9.74. The van der Waals surface area contributed by atoms with Crippen LogP contribution in [0.3, 0.4) is 0 Å². The summed E-state index contributed by atoms with van der Waals surface area (Å²) in [5.74, 6) is 1.73. The number of ether oxygens (including phenoxy) is 1. The number of benzene rings is 2. The molecule has 0 radical (unpaired) electrons. The second-order valence-corrected chi connectivity index (χ2v) is 6.73. The lowest BCUT2D eigenvalue weighted by molar-refractivity contribution is 0.409. The van der Waals surface area contributed by atoms with Crippen LogP contribution < -0.4 is 15.4 Å². The molecule has 0 saturated carbocycles. The zero-order valence-corrected chi connectivity index (χ0v) is 16.8. The van der Waals surface area contributed by atoms with Crippen molar-refractivity contribution in [3.8, 4) is 5.75 Å². The summed E-state index contributed by atoms with van der Waals surface area (Å²) in [5, 5.41) is 7.94. The van der Waals surface area contributed by atoms with E-state index in [-0.39, 0.29) is 0 Å². The molecule has 0 spiro atoms. The minimum absolute atomic E-state index is 0.787. The third kappa shape index (κ3) is 5.00. The van der Waals surface area contributed by atoms with Gasteiger partial charge in [0.1, 0.15) is 5.75 Å². The van der Waals surface area contributed by atoms with Gasteiger partial charge in [-0.25, -0.2) is 0 Å². The molecule has 0 fully saturated rings. The standard InChI is InChI=1S/C23H28N4O/c1-17-9-10-21(28-3)20(16-17)12-15-27-23(24-2)26-14-11-19-7-4-6-18-8-5-13-25-22(18)19/h4-10,13,16H,11-12,14-15H2,1-3H3,(H2,24,26,27). The SMILES string of the molecule is CN=C(NCCc1cc(C)ccc1OC)NCCc1cccc2cccnc12. The molecular formula is C23H28N4O. The highest BCUT2D eigenvalue weighted by Crippen LogP contribution is 2.19. The number of aryl methyl sites for hydroxylation is 1. The predicted octanol–water partition coefficient (Wildman–Crippen LogP) is 3.50. The summed E-state index contributed by atoms with van der Waals surface area (Å²) < 4.78 is 5.45. The summed E-state index contributed by atoms with van der Waals surface area (Å²) >= 11 is 0. The van der Waals surface area contributed by atoms with Crippen molar-refractivity contribution >= 4 is 16.9 Å². The molecule has 3 rings (SSSR count). The Morgan fingerprint density at radius 2 is 1.75 bits per heavy atom. The van der Waals surface area contributed by atoms with E-state index in [0.29, 0.717) is 0 Å². The van der Waals surface area contributed by atoms with Gasteiger partial charge in [-0.15, -0.1) is 0 Å². The van der Waals surface area contributed by atoms with Crippen molar-refractivity contribution < 1.29 is 4.74 Å². The van der Waals surface area contributed by atoms with Crippen LogP contribution in [0.5, 0.6) is 5.75 Å². The Morgan fingerprint density at radius 3 is 2.50 bits per heavy atom. The van der Waals surface area contributed by atoms with Crippen molar-refractivity contribution in [1.29, 1.82) is 0 Å². The Hall–Kier alpha value is -3.08. The van der Waals surface area contributed by atoms with Gasteiger partial charge in [-0.1, -0.05) is 42.0 Å². The molecule has 1 heterocycles. The largest absolute Gasteiger partial charge is 0.496 e. The summed E-state index contributed by atoms with van der Waals surface area (Å²) in [4.78, 5) is 8.84. The lowest BCUT2D eigenvalue weighted by Gasteiger charge is -2.14. The van der Waals surface area contributed by atoms with Crippen molar-refractivity contribution in [1.82, 2.24) is 15.6 Å². The number of rotatable bonds is 7. The first-order chi connectivity index (χ1) is 13.7. The number of guanidine groups is 1. The van der Waals surface area contributed by atoms with Gasteiger partial charge < -0.3 is 15.4 Å². The quantitative estimate of drug-likeness (QED) is 0.489. The number of aliphatic imine (C=N–C) groups is 1. The summed E-state index contributed by atoms with van der Waals surface area (Å²) in [7, 11) is 3.51. The third-order valence-electron chi connectivity index (χ3n) is 4.75. The van der Waals surface area contributed by atoms with E-state index in [1.165, 1.54) is 22.1 Å². The average Bonchev–Trinajstić information content (AvgIpc) is 2.73. The van der Waals surface area contributed by atoms with Crippen LogP contribution in [0.2, 0.25) is 0 Å². The molecule has 0 unspecified atom stereocenters. The zero-order valence-electron chi connectivity index (χ0n) is 16.8. The van der Waals surface area contributed by atoms with E-state index in [2.05, 4.69) is 63.9 Å². The Kier molecular flexibility index (Phi) is 6.84. The maximum Gasteiger partial charge on any atom is 0.190 e. The van der Waals surface area contributed by atoms with Crippen LogP contribution in [0.1, 0.15) is 16.7 Å². The highest BCUT2D eigenvalue weighted by atomic mass is 16.5. The van der Waals surface area contributed by atoms with Gasteiger partial charge in [0.2, 0.25) is 0 Å². The smallest absolute Gasteiger partial charge is 0.190 e. The summed E-state index contributed by atoms with van der Waals surface area (Å²) in [6.45, 7) is 3.68. The molecule has 2 aromatic carbocycles. The highest BCUT2D eigenvalue weighted by molar-refractivity contribution is 5.82. The second-order valence-electron chi connectivity index (χ2n) is 6.73. The molecule has 0 aliphatic rings. The van der Waals surface area contributed by atoms with E-state index >= 15 is 0 Å². The van der Waals surface area contributed by atoms with Crippen molar-refractivity contribution in [3.05, 3.63) is 71.4 Å². The minimum atomic E-state index is 0.787. The molecular weight excluding hydrogens is 348 g/mol. The predicted molar refractivity (Wildman–Crippen MR) is 116 cm³/mol. The fraction of sp³-hybridized carbons (Fsp3) is 0.304. The number of nitrogens with one attached hydrogen (secondary N) is 2. The molecule has 0 amide bonds. The molecule has 0 aliphatic carbocycles. The fourth-order valence-corrected chi connectivity index (χ4v) is 3.32. The molecule has 2 N–H and O–H groups in total. The van der Waals surface area contributed by atoms with Gasteiger partial charge >= 0.3 is 0 Å². The molecule has 0 bridgehead atoms. The van der Waals surface area contributed by atoms with Crippen molar-refractivity contribution in [2.75, 3.05) is 27.2 Å². The van der Waals surface area contributed by atoms with Crippen LogP contribution in [-0.2, 0) is 12.8 Å². The maximum atomic E-state index is 5.45. The summed E-state index contributed by atoms with van der Waals surface area (Å²) in [6, 6.07) is 16.6. The Bertz CT molecular complexity index is 947. The van der Waals surface area contributed by atoms with Crippen LogP contribution in [0, 0.1) is 6.92 Å². The Balaban J connectivity index is 1.51. The normalized spacial score (nSPS) is 11.5. The van der Waals surface area contributed by atoms with Crippen LogP contribution in [0.4, 0.5) is 0 Å². The topological polar surface area (TPSA) is 58.5 Å². The van der Waals surface area contributed by atoms with Crippen LogP contribution in [-0.4, -0.2) is 38.2 Å². The highest BCUT2D eigenvalue weighted by Gasteiger charge is 2.05. The molecule has 3 aromatic rings. The maximum absolute atomic E-state index is 5.45. The van der Waals surface area contributed by atoms with Crippen molar-refractivity contribution in [2.24, 2.45) is 4.99 Å². The number of fused-ring (bicyclic) bond motifs is 1. The summed E-state index contributed by atoms with van der Waals surface area (Å²) in [6.07, 6.45) is 3.61. The van der Waals surface area contributed by atoms with Crippen molar-refractivity contribution in [3.63, 3.8) is 0 Å². The average molecular weight is 377 g/mol. The van der Waals surface area contributed by atoms with Crippen molar-refractivity contribution in [2.45, 2.75) is 19.8 Å². The van der Waals surface area contributed by atoms with E-state index in [1.807, 2.05) is 18.3 Å². The first-order valence-corrected chi connectivity index (χ1v) is 9.62. The van der Waals surface area contributed by atoms with Gasteiger partial charge in [0.15, 0.2) is 5.96 Å². The number of hydrogen-bond acceptors (Lipinski definition) is 3. The van der Waals surface area contributed by atoms with E-state index < -0.39 is 0 Å². The number of nitrogens with zero attached hydrogens (tertiary/aromatic N) is 2. The van der Waals surface area contributed by atoms with Gasteiger partial charge in [0.05, 0.1) is 12.6 Å². The lowest BCUT2D eigenvalue weighted by atomic mass is 10.1. The Morgan fingerprint density at radius 1 is 1.00 bits per heavy atom. The summed E-state index contributed by atoms with van der Waals surface area (Å²) in [5.41, 5.74) is 4.75. The molecule has 1 aromatic heterocycles. The van der Waals surface area contributed by atoms with Crippen LogP contribution >= 0.6 is 0 Å². The van der Waals surface area contributed by atoms with Crippen LogP contribution in [0.15, 0.2) is 59.7 Å². The fourth-order valence-electron chi connectivity index (χ4n) is 3.32. The van der Waals surface area contributed by atoms with Gasteiger partial charge in [0, 0.05) is 31.7 Å². The third-order valence-corrected chi connectivity index (χ3v) is 4.75. The molecule has 146 valence electrons. The number of hydrogen-bond donors (Lipinski definition) is 2. The number of pyridine rings is 1. The van der Waals surface area contributed by atoms with E-state index in [1.54, 1.807) is 14.2 Å². The van der Waals surface area contributed by atoms with Gasteiger partial charge in [-0.3, -0.25) is 9.98 Å². The molecule has 5 nitrogen and oxygen atoms in total. The Labute approximate surface area is 166 Å². The van der Waals surface area contributed by atoms with E-state index in [9.17, 15) is 0 Å². The number of aromatic nitrogens is 1. The van der Waals surface area contributed by atoms with E-state index in [4.69, 9.17) is 4.74 Å². The number of methoxy groups -OCH3 is 1. The minimum Gasteiger partial charge on any atom is -0.496 e. The molecule has 0 atom stereocenters. The molecule has 0 saturated heterocycles. The molecule has 28 heavy (non-hydrogen) atoms. The first kappa shape index (κ1) is 19.7. The van der Waals surface area contributed by atoms with E-state index in [0.717, 1.165) is 43.2 Å². The van der Waals surface area contributed by atoms with Gasteiger partial charge in [0.25, 0.3) is 0 Å². The first-order valence-electron chi connectivity index (χ1n) is 9.62. The molecule has 5 heteroatoms. The molecule has 0 aliphatic heterocycles. The monoisotopic (exact) mass is 376 g/mol.